The molecule has 0 atom stereocenters. The minimum Gasteiger partial charge on any atom is -0.467 e. The fourth-order valence-electron chi connectivity index (χ4n) is 3.91. The van der Waals surface area contributed by atoms with Gasteiger partial charge in [0.05, 0.1) is 42.8 Å². The number of benzene rings is 1. The number of hydrogen-bond acceptors (Lipinski definition) is 8. The highest BCUT2D eigenvalue weighted by Crippen LogP contribution is 2.31. The predicted octanol–water partition coefficient (Wildman–Crippen LogP) is 2.67. The summed E-state index contributed by atoms with van der Waals surface area (Å²) in [6.45, 7) is 5.93. The van der Waals surface area contributed by atoms with Crippen molar-refractivity contribution in [3.8, 4) is 5.69 Å². The first kappa shape index (κ1) is 20.5. The Kier molecular flexibility index (Phi) is 5.74. The van der Waals surface area contributed by atoms with Gasteiger partial charge < -0.3 is 25.1 Å². The van der Waals surface area contributed by atoms with Crippen molar-refractivity contribution < 1.29 is 9.15 Å². The van der Waals surface area contributed by atoms with Crippen LogP contribution in [0.25, 0.3) is 16.7 Å². The highest BCUT2D eigenvalue weighted by atomic mass is 16.5. The molecule has 1 aliphatic heterocycles. The number of fused-ring (bicyclic) bond motifs is 1. The molecule has 0 saturated carbocycles. The SMILES string of the molecule is Cc1ccc(-n2nc(CCN)c3c(N4CCOCC4)nc(NCc4ccco4)nc32)cc1. The first-order valence-corrected chi connectivity index (χ1v) is 10.9. The van der Waals surface area contributed by atoms with Gasteiger partial charge in [0.15, 0.2) is 5.65 Å². The quantitative estimate of drug-likeness (QED) is 0.458. The van der Waals surface area contributed by atoms with Gasteiger partial charge in [-0.1, -0.05) is 17.7 Å². The van der Waals surface area contributed by atoms with E-state index in [1.807, 2.05) is 16.8 Å². The Morgan fingerprint density at radius 2 is 1.91 bits per heavy atom. The predicted molar refractivity (Wildman–Crippen MR) is 123 cm³/mol. The van der Waals surface area contributed by atoms with E-state index in [1.54, 1.807) is 6.26 Å². The van der Waals surface area contributed by atoms with Gasteiger partial charge in [-0.25, -0.2) is 4.68 Å². The molecule has 0 spiro atoms. The lowest BCUT2D eigenvalue weighted by Gasteiger charge is -2.28. The van der Waals surface area contributed by atoms with Crippen LogP contribution in [0, 0.1) is 6.92 Å². The average Bonchev–Trinajstić information content (AvgIpc) is 3.47. The number of anilines is 2. The summed E-state index contributed by atoms with van der Waals surface area (Å²) in [6.07, 6.45) is 2.31. The van der Waals surface area contributed by atoms with Gasteiger partial charge >= 0.3 is 0 Å². The maximum atomic E-state index is 5.93. The van der Waals surface area contributed by atoms with Crippen LogP contribution in [-0.2, 0) is 17.7 Å². The Morgan fingerprint density at radius 3 is 2.62 bits per heavy atom. The number of aryl methyl sites for hydroxylation is 1. The van der Waals surface area contributed by atoms with Crippen LogP contribution >= 0.6 is 0 Å². The van der Waals surface area contributed by atoms with Crippen molar-refractivity contribution >= 4 is 22.8 Å². The van der Waals surface area contributed by atoms with Crippen LogP contribution < -0.4 is 16.0 Å². The first-order chi connectivity index (χ1) is 15.7. The van der Waals surface area contributed by atoms with Crippen molar-refractivity contribution in [1.29, 1.82) is 0 Å². The second-order valence-corrected chi connectivity index (χ2v) is 7.83. The van der Waals surface area contributed by atoms with E-state index < -0.39 is 0 Å². The third kappa shape index (κ3) is 4.04. The molecule has 9 heteroatoms. The van der Waals surface area contributed by atoms with Crippen LogP contribution in [0.4, 0.5) is 11.8 Å². The number of nitrogens with one attached hydrogen (secondary N) is 1. The van der Waals surface area contributed by atoms with Gasteiger partial charge in [-0.15, -0.1) is 0 Å². The fourth-order valence-corrected chi connectivity index (χ4v) is 3.91. The third-order valence-electron chi connectivity index (χ3n) is 5.55. The molecule has 3 aromatic heterocycles. The van der Waals surface area contributed by atoms with Gasteiger partial charge in [-0.05, 0) is 37.7 Å². The molecule has 1 aromatic carbocycles. The average molecular weight is 434 g/mol. The Morgan fingerprint density at radius 1 is 1.09 bits per heavy atom. The summed E-state index contributed by atoms with van der Waals surface area (Å²) in [5.41, 5.74) is 9.74. The Balaban J connectivity index is 1.66. The van der Waals surface area contributed by atoms with Crippen molar-refractivity contribution in [2.24, 2.45) is 5.73 Å². The lowest BCUT2D eigenvalue weighted by Crippen LogP contribution is -2.37. The second-order valence-electron chi connectivity index (χ2n) is 7.83. The minimum atomic E-state index is 0.495. The van der Waals surface area contributed by atoms with Crippen LogP contribution in [0.2, 0.25) is 0 Å². The fraction of sp³-hybridized carbons (Fsp3) is 0.348. The molecule has 1 aliphatic rings. The van der Waals surface area contributed by atoms with Gasteiger partial charge in [0.25, 0.3) is 0 Å². The zero-order valence-electron chi connectivity index (χ0n) is 18.1. The number of ether oxygens (including phenoxy) is 1. The van der Waals surface area contributed by atoms with Crippen molar-refractivity contribution in [3.63, 3.8) is 0 Å². The first-order valence-electron chi connectivity index (χ1n) is 10.9. The normalized spacial score (nSPS) is 14.2. The molecule has 166 valence electrons. The summed E-state index contributed by atoms with van der Waals surface area (Å²) in [5.74, 6) is 2.21. The molecule has 9 nitrogen and oxygen atoms in total. The molecule has 0 unspecified atom stereocenters. The highest BCUT2D eigenvalue weighted by Gasteiger charge is 2.24. The number of furan rings is 1. The molecule has 4 heterocycles. The molecule has 1 fully saturated rings. The molecule has 32 heavy (non-hydrogen) atoms. The van der Waals surface area contributed by atoms with E-state index in [9.17, 15) is 0 Å². The lowest BCUT2D eigenvalue weighted by atomic mass is 10.2. The van der Waals surface area contributed by atoms with Gasteiger partial charge in [0.1, 0.15) is 11.6 Å². The zero-order valence-corrected chi connectivity index (χ0v) is 18.1. The number of rotatable bonds is 7. The number of nitrogens with zero attached hydrogens (tertiary/aromatic N) is 5. The molecular weight excluding hydrogens is 406 g/mol. The highest BCUT2D eigenvalue weighted by molar-refractivity contribution is 5.92. The maximum Gasteiger partial charge on any atom is 0.227 e. The van der Waals surface area contributed by atoms with Crippen molar-refractivity contribution in [1.82, 2.24) is 19.7 Å². The standard InChI is InChI=1S/C23H27N7O2/c1-16-4-6-17(7-5-16)30-22-20(19(28-30)8-9-24)21(29-10-13-31-14-11-29)26-23(27-22)25-15-18-3-2-12-32-18/h2-7,12H,8-11,13-15,24H2,1H3,(H,25,26,27). The number of nitrogens with two attached hydrogens (primary N) is 1. The maximum absolute atomic E-state index is 5.93. The van der Waals surface area contributed by atoms with Crippen LogP contribution in [0.1, 0.15) is 17.0 Å². The van der Waals surface area contributed by atoms with Crippen molar-refractivity contribution in [2.75, 3.05) is 43.1 Å². The number of morpholine rings is 1. The molecule has 5 rings (SSSR count). The van der Waals surface area contributed by atoms with E-state index in [2.05, 4.69) is 41.4 Å². The number of aromatic nitrogens is 4. The summed E-state index contributed by atoms with van der Waals surface area (Å²) in [4.78, 5) is 12.0. The molecule has 1 saturated heterocycles. The van der Waals surface area contributed by atoms with Crippen LogP contribution in [0.3, 0.4) is 0 Å². The van der Waals surface area contributed by atoms with Gasteiger partial charge in [0.2, 0.25) is 5.95 Å². The Bertz CT molecular complexity index is 1180. The molecule has 4 aromatic rings. The third-order valence-corrected chi connectivity index (χ3v) is 5.55. The summed E-state index contributed by atoms with van der Waals surface area (Å²) in [5, 5.41) is 9.17. The largest absolute Gasteiger partial charge is 0.467 e. The van der Waals surface area contributed by atoms with E-state index in [4.69, 9.17) is 30.0 Å². The zero-order chi connectivity index (χ0) is 21.9. The molecular formula is C23H27N7O2. The topological polar surface area (TPSA) is 107 Å². The van der Waals surface area contributed by atoms with Crippen molar-refractivity contribution in [2.45, 2.75) is 19.9 Å². The molecule has 0 aliphatic carbocycles. The second kappa shape index (κ2) is 8.97. The smallest absolute Gasteiger partial charge is 0.227 e. The van der Waals surface area contributed by atoms with E-state index in [0.29, 0.717) is 38.7 Å². The lowest BCUT2D eigenvalue weighted by molar-refractivity contribution is 0.122. The van der Waals surface area contributed by atoms with E-state index in [-0.39, 0.29) is 0 Å². The summed E-state index contributed by atoms with van der Waals surface area (Å²) < 4.78 is 12.9. The Hall–Kier alpha value is -3.43. The van der Waals surface area contributed by atoms with E-state index in [1.165, 1.54) is 5.56 Å². The van der Waals surface area contributed by atoms with Crippen LogP contribution in [-0.4, -0.2) is 52.6 Å². The number of hydrogen-bond donors (Lipinski definition) is 2. The van der Waals surface area contributed by atoms with Crippen molar-refractivity contribution in [3.05, 3.63) is 59.7 Å². The molecule has 0 amide bonds. The summed E-state index contributed by atoms with van der Waals surface area (Å²) in [6, 6.07) is 12.0. The Labute approximate surface area is 186 Å². The van der Waals surface area contributed by atoms with Gasteiger partial charge in [-0.2, -0.15) is 15.1 Å². The molecule has 0 radical (unpaired) electrons. The summed E-state index contributed by atoms with van der Waals surface area (Å²) in [7, 11) is 0. The van der Waals surface area contributed by atoms with Gasteiger partial charge in [-0.3, -0.25) is 0 Å². The van der Waals surface area contributed by atoms with E-state index >= 15 is 0 Å². The monoisotopic (exact) mass is 433 g/mol. The summed E-state index contributed by atoms with van der Waals surface area (Å²) >= 11 is 0. The van der Waals surface area contributed by atoms with Crippen LogP contribution in [0.15, 0.2) is 47.1 Å². The van der Waals surface area contributed by atoms with E-state index in [0.717, 1.165) is 47.1 Å². The molecule has 3 N–H and O–H groups in total. The van der Waals surface area contributed by atoms with Crippen LogP contribution in [0.5, 0.6) is 0 Å². The minimum absolute atomic E-state index is 0.495. The van der Waals surface area contributed by atoms with Gasteiger partial charge in [0, 0.05) is 19.5 Å². The molecule has 0 bridgehead atoms.